The Morgan fingerprint density at radius 2 is 2.19 bits per heavy atom. The molecule has 0 saturated carbocycles. The van der Waals surface area contributed by atoms with E-state index in [9.17, 15) is 9.90 Å². The van der Waals surface area contributed by atoms with Crippen molar-refractivity contribution in [3.8, 4) is 17.1 Å². The summed E-state index contributed by atoms with van der Waals surface area (Å²) in [6, 6.07) is 8.67. The number of nitrogens with one attached hydrogen (secondary N) is 1. The van der Waals surface area contributed by atoms with Crippen molar-refractivity contribution in [3.05, 3.63) is 74.9 Å². The van der Waals surface area contributed by atoms with Crippen molar-refractivity contribution in [2.45, 2.75) is 19.5 Å². The maximum absolute atomic E-state index is 12.4. The number of aromatic hydroxyl groups is 1. The minimum Gasteiger partial charge on any atom is -0.508 e. The largest absolute Gasteiger partial charge is 0.508 e. The molecular formula is C19H17ClN4O2. The van der Waals surface area contributed by atoms with Crippen LogP contribution in [0.3, 0.4) is 0 Å². The lowest BCUT2D eigenvalue weighted by Gasteiger charge is -2.28. The van der Waals surface area contributed by atoms with Crippen molar-refractivity contribution in [2.75, 3.05) is 6.54 Å². The number of phenols is 1. The molecule has 7 heteroatoms. The van der Waals surface area contributed by atoms with Gasteiger partial charge in [0.25, 0.3) is 5.56 Å². The van der Waals surface area contributed by atoms with Crippen LogP contribution in [-0.4, -0.2) is 31.5 Å². The molecule has 0 spiro atoms. The van der Waals surface area contributed by atoms with Gasteiger partial charge in [-0.15, -0.1) is 0 Å². The van der Waals surface area contributed by atoms with E-state index in [0.29, 0.717) is 30.4 Å². The molecule has 6 nitrogen and oxygen atoms in total. The highest BCUT2D eigenvalue weighted by atomic mass is 35.5. The van der Waals surface area contributed by atoms with Crippen LogP contribution in [0.15, 0.2) is 47.5 Å². The van der Waals surface area contributed by atoms with E-state index >= 15 is 0 Å². The number of phenolic OH excluding ortho intramolecular Hbond substituents is 1. The van der Waals surface area contributed by atoms with Gasteiger partial charge in [-0.3, -0.25) is 14.7 Å². The summed E-state index contributed by atoms with van der Waals surface area (Å²) in [6.45, 7) is 1.96. The maximum atomic E-state index is 12.4. The van der Waals surface area contributed by atoms with Crippen LogP contribution in [0.5, 0.6) is 5.75 Å². The van der Waals surface area contributed by atoms with E-state index in [0.717, 1.165) is 28.9 Å². The number of rotatable bonds is 3. The summed E-state index contributed by atoms with van der Waals surface area (Å²) in [5, 5.41) is 10.0. The molecule has 0 saturated heterocycles. The van der Waals surface area contributed by atoms with E-state index in [4.69, 9.17) is 11.6 Å². The normalized spacial score (nSPS) is 14.2. The Morgan fingerprint density at radius 1 is 1.31 bits per heavy atom. The molecule has 0 fully saturated rings. The molecule has 132 valence electrons. The van der Waals surface area contributed by atoms with Crippen LogP contribution in [0.25, 0.3) is 11.4 Å². The van der Waals surface area contributed by atoms with Gasteiger partial charge in [0.1, 0.15) is 11.6 Å². The van der Waals surface area contributed by atoms with E-state index < -0.39 is 0 Å². The Balaban J connectivity index is 1.61. The van der Waals surface area contributed by atoms with Gasteiger partial charge in [0.05, 0.1) is 5.69 Å². The molecule has 3 heterocycles. The highest BCUT2D eigenvalue weighted by Gasteiger charge is 2.22. The highest BCUT2D eigenvalue weighted by molar-refractivity contribution is 6.31. The molecule has 0 unspecified atom stereocenters. The van der Waals surface area contributed by atoms with Gasteiger partial charge in [-0.05, 0) is 36.2 Å². The van der Waals surface area contributed by atoms with Gasteiger partial charge in [-0.25, -0.2) is 4.98 Å². The molecule has 0 radical (unpaired) electrons. The average molecular weight is 369 g/mol. The molecule has 2 aromatic heterocycles. The van der Waals surface area contributed by atoms with Gasteiger partial charge in [0.15, 0.2) is 0 Å². The van der Waals surface area contributed by atoms with E-state index in [1.807, 2.05) is 18.2 Å². The second-order valence-corrected chi connectivity index (χ2v) is 6.73. The first-order chi connectivity index (χ1) is 12.6. The van der Waals surface area contributed by atoms with E-state index in [-0.39, 0.29) is 11.3 Å². The van der Waals surface area contributed by atoms with Gasteiger partial charge in [0.2, 0.25) is 0 Å². The Hall–Kier alpha value is -2.70. The fourth-order valence-corrected chi connectivity index (χ4v) is 3.41. The zero-order valence-electron chi connectivity index (χ0n) is 13.9. The summed E-state index contributed by atoms with van der Waals surface area (Å²) in [6.07, 6.45) is 4.01. The third-order valence-electron chi connectivity index (χ3n) is 4.52. The number of aromatic nitrogens is 3. The summed E-state index contributed by atoms with van der Waals surface area (Å²) in [4.78, 5) is 26.2. The van der Waals surface area contributed by atoms with Gasteiger partial charge in [0, 0.05) is 48.2 Å². The Morgan fingerprint density at radius 3 is 2.96 bits per heavy atom. The molecule has 4 rings (SSSR count). The van der Waals surface area contributed by atoms with Crippen LogP contribution >= 0.6 is 11.6 Å². The molecule has 0 atom stereocenters. The third kappa shape index (κ3) is 3.34. The lowest BCUT2D eigenvalue weighted by atomic mass is 10.0. The number of H-pyrrole nitrogens is 1. The zero-order chi connectivity index (χ0) is 18.1. The number of aromatic amines is 1. The topological polar surface area (TPSA) is 82.1 Å². The Bertz CT molecular complexity index is 1000. The summed E-state index contributed by atoms with van der Waals surface area (Å²) in [7, 11) is 0. The quantitative estimate of drug-likeness (QED) is 0.742. The van der Waals surface area contributed by atoms with E-state index in [1.165, 1.54) is 6.07 Å². The lowest BCUT2D eigenvalue weighted by Crippen LogP contribution is -2.35. The third-order valence-corrected chi connectivity index (χ3v) is 4.87. The van der Waals surface area contributed by atoms with E-state index in [1.54, 1.807) is 18.5 Å². The first-order valence-electron chi connectivity index (χ1n) is 8.32. The fourth-order valence-electron chi connectivity index (χ4n) is 3.17. The van der Waals surface area contributed by atoms with Crippen LogP contribution in [0.4, 0.5) is 0 Å². The fraction of sp³-hybridized carbons (Fsp3) is 0.211. The number of pyridine rings is 1. The average Bonchev–Trinajstić information content (AvgIpc) is 2.64. The van der Waals surface area contributed by atoms with Crippen molar-refractivity contribution < 1.29 is 5.11 Å². The second kappa shape index (κ2) is 6.90. The highest BCUT2D eigenvalue weighted by Crippen LogP contribution is 2.25. The van der Waals surface area contributed by atoms with Crippen LogP contribution in [0, 0.1) is 0 Å². The molecule has 0 amide bonds. The number of fused-ring (bicyclic) bond motifs is 1. The summed E-state index contributed by atoms with van der Waals surface area (Å²) >= 11 is 6.22. The minimum atomic E-state index is -0.0869. The first-order valence-corrected chi connectivity index (χ1v) is 8.70. The van der Waals surface area contributed by atoms with Gasteiger partial charge < -0.3 is 10.1 Å². The van der Waals surface area contributed by atoms with Gasteiger partial charge in [-0.1, -0.05) is 17.7 Å². The van der Waals surface area contributed by atoms with E-state index in [2.05, 4.69) is 19.9 Å². The predicted molar refractivity (Wildman–Crippen MR) is 99.0 cm³/mol. The molecule has 2 N–H and O–H groups in total. The van der Waals surface area contributed by atoms with Gasteiger partial charge >= 0.3 is 0 Å². The SMILES string of the molecule is O=c1[nH]c(-c2cccnc2)nc2c1CCN(Cc1ccc(O)cc1Cl)C2. The molecular weight excluding hydrogens is 352 g/mol. The lowest BCUT2D eigenvalue weighted by molar-refractivity contribution is 0.240. The smallest absolute Gasteiger partial charge is 0.254 e. The van der Waals surface area contributed by atoms with Crippen molar-refractivity contribution in [1.29, 1.82) is 0 Å². The summed E-state index contributed by atoms with van der Waals surface area (Å²) in [5.74, 6) is 0.684. The minimum absolute atomic E-state index is 0.0869. The molecule has 3 aromatic rings. The molecule has 0 bridgehead atoms. The van der Waals surface area contributed by atoms with Crippen molar-refractivity contribution >= 4 is 11.6 Å². The van der Waals surface area contributed by atoms with Crippen molar-refractivity contribution in [2.24, 2.45) is 0 Å². The van der Waals surface area contributed by atoms with Crippen molar-refractivity contribution in [3.63, 3.8) is 0 Å². The zero-order valence-corrected chi connectivity index (χ0v) is 14.7. The number of hydrogen-bond acceptors (Lipinski definition) is 5. The molecule has 1 aromatic carbocycles. The number of hydrogen-bond donors (Lipinski definition) is 2. The van der Waals surface area contributed by atoms with Gasteiger partial charge in [-0.2, -0.15) is 0 Å². The maximum Gasteiger partial charge on any atom is 0.254 e. The monoisotopic (exact) mass is 368 g/mol. The Kier molecular flexibility index (Phi) is 4.44. The first kappa shape index (κ1) is 16.8. The van der Waals surface area contributed by atoms with Crippen LogP contribution in [-0.2, 0) is 19.5 Å². The van der Waals surface area contributed by atoms with Crippen LogP contribution < -0.4 is 5.56 Å². The molecule has 1 aliphatic rings. The number of halogens is 1. The van der Waals surface area contributed by atoms with Crippen LogP contribution in [0.2, 0.25) is 5.02 Å². The predicted octanol–water partition coefficient (Wildman–Crippen LogP) is 2.75. The standard InChI is InChI=1S/C19H17ClN4O2/c20-16-8-14(25)4-3-13(16)10-24-7-5-15-17(11-24)22-18(23-19(15)26)12-2-1-6-21-9-12/h1-4,6,8-9,25H,5,7,10-11H2,(H,22,23,26). The van der Waals surface area contributed by atoms with Crippen LogP contribution in [0.1, 0.15) is 16.8 Å². The van der Waals surface area contributed by atoms with Crippen molar-refractivity contribution in [1.82, 2.24) is 19.9 Å². The summed E-state index contributed by atoms with van der Waals surface area (Å²) < 4.78 is 0. The molecule has 26 heavy (non-hydrogen) atoms. The number of benzene rings is 1. The second-order valence-electron chi connectivity index (χ2n) is 6.32. The molecule has 0 aliphatic carbocycles. The Labute approximate surface area is 155 Å². The number of nitrogens with zero attached hydrogens (tertiary/aromatic N) is 3. The molecule has 1 aliphatic heterocycles. The summed E-state index contributed by atoms with van der Waals surface area (Å²) in [5.41, 5.74) is 3.16.